The Kier molecular flexibility index (Phi) is 8.85. The maximum absolute atomic E-state index is 14.5. The van der Waals surface area contributed by atoms with E-state index in [9.17, 15) is 34.8 Å². The van der Waals surface area contributed by atoms with Crippen LogP contribution in [0.25, 0.3) is 0 Å². The van der Waals surface area contributed by atoms with Crippen LogP contribution in [0, 0.1) is 0 Å². The van der Waals surface area contributed by atoms with Crippen molar-refractivity contribution in [2.45, 2.75) is 42.2 Å². The van der Waals surface area contributed by atoms with E-state index in [1.807, 2.05) is 0 Å². The first-order valence-corrected chi connectivity index (χ1v) is 12.5. The Morgan fingerprint density at radius 3 is 1.45 bits per heavy atom. The molecule has 3 aromatic rings. The summed E-state index contributed by atoms with van der Waals surface area (Å²) in [6, 6.07) is 15.0. The molecule has 0 heterocycles. The molecule has 0 aromatic heterocycles. The van der Waals surface area contributed by atoms with Crippen molar-refractivity contribution in [3.05, 3.63) is 101 Å². The molecule has 2 unspecified atom stereocenters. The van der Waals surface area contributed by atoms with Gasteiger partial charge in [-0.25, -0.2) is 0 Å². The van der Waals surface area contributed by atoms with Crippen LogP contribution in [0.3, 0.4) is 0 Å². The van der Waals surface area contributed by atoms with E-state index in [-0.39, 0.29) is 13.1 Å². The molecule has 3 aromatic carbocycles. The van der Waals surface area contributed by atoms with Gasteiger partial charge in [0.25, 0.3) is 0 Å². The van der Waals surface area contributed by atoms with Gasteiger partial charge >= 0.3 is 22.5 Å². The quantitative estimate of drug-likeness (QED) is 0.209. The number of oxime groups is 1. The number of benzene rings is 3. The summed E-state index contributed by atoms with van der Waals surface area (Å²) in [5.74, 6) is -5.94. The van der Waals surface area contributed by atoms with Crippen molar-refractivity contribution in [3.63, 3.8) is 0 Å². The number of alkyl halides is 6. The molecule has 13 heteroatoms. The monoisotopic (exact) mass is 559 g/mol. The predicted octanol–water partition coefficient (Wildman–Crippen LogP) is 5.36. The van der Waals surface area contributed by atoms with Crippen LogP contribution in [-0.2, 0) is 27.5 Å². The lowest BCUT2D eigenvalue weighted by Crippen LogP contribution is -2.38. The van der Waals surface area contributed by atoms with Crippen LogP contribution in [0.5, 0.6) is 0 Å². The van der Waals surface area contributed by atoms with Gasteiger partial charge in [0.15, 0.2) is 0 Å². The third kappa shape index (κ3) is 6.91. The van der Waals surface area contributed by atoms with E-state index in [4.69, 9.17) is 11.5 Å². The molecule has 3 rings (SSSR count). The Balaban J connectivity index is 2.27. The van der Waals surface area contributed by atoms with Crippen molar-refractivity contribution < 1.29 is 39.0 Å². The van der Waals surface area contributed by atoms with Crippen molar-refractivity contribution in [3.8, 4) is 0 Å². The van der Waals surface area contributed by atoms with Gasteiger partial charge in [0, 0.05) is 13.1 Å². The topological polar surface area (TPSA) is 108 Å². The molecule has 0 aliphatic rings. The first kappa shape index (κ1) is 29.1. The molecule has 0 fully saturated rings. The van der Waals surface area contributed by atoms with Crippen LogP contribution in [0.1, 0.15) is 34.1 Å². The highest BCUT2D eigenvalue weighted by molar-refractivity contribution is 7.86. The summed E-state index contributed by atoms with van der Waals surface area (Å²) in [6.07, 6.45) is -10.6. The van der Waals surface area contributed by atoms with Crippen molar-refractivity contribution in [2.24, 2.45) is 16.6 Å². The zero-order chi connectivity index (χ0) is 28.1. The second kappa shape index (κ2) is 11.5. The summed E-state index contributed by atoms with van der Waals surface area (Å²) in [4.78, 5) is -0.505. The minimum Gasteiger partial charge on any atom is -0.326 e. The molecule has 0 aliphatic heterocycles. The maximum atomic E-state index is 14.5. The van der Waals surface area contributed by atoms with Crippen LogP contribution >= 0.6 is 0 Å². The number of hydrogen-bond donors (Lipinski definition) is 2. The van der Waals surface area contributed by atoms with E-state index in [0.29, 0.717) is 11.1 Å². The second-order valence-electron chi connectivity index (χ2n) is 8.20. The molecule has 4 N–H and O–H groups in total. The van der Waals surface area contributed by atoms with Crippen LogP contribution < -0.4 is 11.5 Å². The molecular formula is C25H23F6N3O3S. The highest BCUT2D eigenvalue weighted by Gasteiger charge is 2.54. The van der Waals surface area contributed by atoms with E-state index >= 15 is 0 Å². The van der Waals surface area contributed by atoms with Gasteiger partial charge in [0.05, 0.1) is 5.71 Å². The van der Waals surface area contributed by atoms with Gasteiger partial charge in [-0.3, -0.25) is 4.28 Å². The third-order valence-corrected chi connectivity index (χ3v) is 6.74. The Labute approximate surface area is 215 Å². The van der Waals surface area contributed by atoms with Crippen molar-refractivity contribution in [1.29, 1.82) is 0 Å². The molecule has 2 atom stereocenters. The molecule has 0 amide bonds. The zero-order valence-corrected chi connectivity index (χ0v) is 20.4. The summed E-state index contributed by atoms with van der Waals surface area (Å²) in [7, 11) is -4.85. The average molecular weight is 560 g/mol. The Morgan fingerprint density at radius 2 is 1.11 bits per heavy atom. The molecule has 204 valence electrons. The third-order valence-electron chi connectivity index (χ3n) is 5.62. The van der Waals surface area contributed by atoms with Gasteiger partial charge in [-0.2, -0.15) is 34.8 Å². The lowest BCUT2D eigenvalue weighted by Gasteiger charge is -2.29. The zero-order valence-electron chi connectivity index (χ0n) is 19.6. The lowest BCUT2D eigenvalue weighted by molar-refractivity contribution is -0.148. The highest BCUT2D eigenvalue weighted by Crippen LogP contribution is 2.46. The number of nitrogens with zero attached hydrogens (tertiary/aromatic N) is 1. The molecular weight excluding hydrogens is 536 g/mol. The summed E-state index contributed by atoms with van der Waals surface area (Å²) in [6.45, 7) is -0.0377. The minimum absolute atomic E-state index is 0.0188. The predicted molar refractivity (Wildman–Crippen MR) is 128 cm³/mol. The first-order valence-electron chi connectivity index (χ1n) is 11.1. The molecule has 0 saturated carbocycles. The molecule has 0 aliphatic carbocycles. The SMILES string of the molecule is NCc1ccc(C(C(=NOS(=O)(=O)c2ccccc2)C(c2ccc(CN)cc2)C(F)(F)F)C(F)(F)F)cc1. The first-order chi connectivity index (χ1) is 17.8. The van der Waals surface area contributed by atoms with Crippen LogP contribution in [-0.4, -0.2) is 26.5 Å². The van der Waals surface area contributed by atoms with E-state index < -0.39 is 56.0 Å². The van der Waals surface area contributed by atoms with E-state index in [2.05, 4.69) is 9.44 Å². The van der Waals surface area contributed by atoms with Gasteiger partial charge in [-0.1, -0.05) is 71.9 Å². The van der Waals surface area contributed by atoms with E-state index in [0.717, 1.165) is 36.4 Å². The summed E-state index contributed by atoms with van der Waals surface area (Å²) >= 11 is 0. The highest BCUT2D eigenvalue weighted by atomic mass is 32.2. The van der Waals surface area contributed by atoms with Crippen LogP contribution in [0.15, 0.2) is 88.9 Å². The van der Waals surface area contributed by atoms with E-state index in [1.54, 1.807) is 0 Å². The van der Waals surface area contributed by atoms with Crippen molar-refractivity contribution in [1.82, 2.24) is 0 Å². The Hall–Kier alpha value is -3.42. The van der Waals surface area contributed by atoms with Gasteiger partial charge < -0.3 is 11.5 Å². The fraction of sp³-hybridized carbons (Fsp3) is 0.240. The Bertz CT molecular complexity index is 1270. The molecule has 0 saturated heterocycles. The summed E-state index contributed by atoms with van der Waals surface area (Å²) in [5, 5.41) is 3.08. The fourth-order valence-electron chi connectivity index (χ4n) is 3.74. The van der Waals surface area contributed by atoms with Crippen LogP contribution in [0.4, 0.5) is 26.3 Å². The molecule has 0 spiro atoms. The van der Waals surface area contributed by atoms with E-state index in [1.165, 1.54) is 42.5 Å². The molecule has 38 heavy (non-hydrogen) atoms. The number of nitrogens with two attached hydrogens (primary N) is 2. The fourth-order valence-corrected chi connectivity index (χ4v) is 4.50. The normalized spacial score (nSPS) is 14.0. The van der Waals surface area contributed by atoms with Gasteiger partial charge in [-0.05, 0) is 34.4 Å². The molecule has 0 bridgehead atoms. The molecule has 6 nitrogen and oxygen atoms in total. The minimum atomic E-state index is -5.32. The Morgan fingerprint density at radius 1 is 0.711 bits per heavy atom. The van der Waals surface area contributed by atoms with Crippen molar-refractivity contribution >= 4 is 15.8 Å². The van der Waals surface area contributed by atoms with Gasteiger partial charge in [-0.15, -0.1) is 0 Å². The standard InChI is InChI=1S/C25H23F6N3O3S/c26-24(27,28)21(18-10-6-16(14-32)7-11-18)23(34-37-38(35,36)20-4-2-1-3-5-20)22(25(29,30)31)19-12-8-17(15-33)9-13-19/h1-13,21-22H,14-15,32-33H2. The number of halogens is 6. The summed E-state index contributed by atoms with van der Waals surface area (Å²) < 4.78 is 117. The van der Waals surface area contributed by atoms with Crippen molar-refractivity contribution in [2.75, 3.05) is 0 Å². The largest absolute Gasteiger partial charge is 0.401 e. The number of hydrogen-bond acceptors (Lipinski definition) is 6. The van der Waals surface area contributed by atoms with Gasteiger partial charge in [0.2, 0.25) is 0 Å². The smallest absolute Gasteiger partial charge is 0.326 e. The summed E-state index contributed by atoms with van der Waals surface area (Å²) in [5.41, 5.74) is 9.01. The van der Waals surface area contributed by atoms with Crippen LogP contribution in [0.2, 0.25) is 0 Å². The lowest BCUT2D eigenvalue weighted by atomic mass is 9.81. The number of rotatable bonds is 9. The second-order valence-corrected chi connectivity index (χ2v) is 9.73. The maximum Gasteiger partial charge on any atom is 0.401 e. The average Bonchev–Trinajstić information content (AvgIpc) is 2.87. The van der Waals surface area contributed by atoms with Gasteiger partial charge in [0.1, 0.15) is 16.7 Å². The molecule has 0 radical (unpaired) electrons.